The zero-order chi connectivity index (χ0) is 14.6. The van der Waals surface area contributed by atoms with Crippen LogP contribution in [0, 0.1) is 0 Å². The lowest BCUT2D eigenvalue weighted by Gasteiger charge is -2.31. The number of methoxy groups -OCH3 is 1. The monoisotopic (exact) mass is 301 g/mol. The van der Waals surface area contributed by atoms with Crippen LogP contribution in [-0.2, 0) is 10.0 Å². The fourth-order valence-electron chi connectivity index (χ4n) is 2.35. The Hall–Kier alpha value is -1.15. The summed E-state index contributed by atoms with van der Waals surface area (Å²) in [5, 5.41) is 8.91. The van der Waals surface area contributed by atoms with Gasteiger partial charge in [0.2, 0.25) is 10.0 Å². The van der Waals surface area contributed by atoms with Gasteiger partial charge in [0.25, 0.3) is 0 Å². The first-order chi connectivity index (χ1) is 9.57. The van der Waals surface area contributed by atoms with Crippen molar-refractivity contribution >= 4 is 10.0 Å². The number of benzene rings is 1. The molecule has 0 unspecified atom stereocenters. The quantitative estimate of drug-likeness (QED) is 0.700. The maximum Gasteiger partial charge on any atom is 0.243 e. The second-order valence-electron chi connectivity index (χ2n) is 4.80. The fraction of sp³-hybridized carbons (Fsp3) is 0.538. The molecular weight excluding hydrogens is 280 g/mol. The molecule has 0 amide bonds. The van der Waals surface area contributed by atoms with E-state index in [1.165, 1.54) is 9.21 Å². The Morgan fingerprint density at radius 3 is 2.35 bits per heavy atom. The standard InChI is InChI=1S/C13H20N2O4S/c1-19-12-2-4-13(5-3-12)20(17,18)15-8-6-14(7-9-15)10-11-16/h2-5,16H,6-11H2,1H3/p+1. The lowest BCUT2D eigenvalue weighted by molar-refractivity contribution is -0.904. The average Bonchev–Trinajstić information content (AvgIpc) is 2.48. The van der Waals surface area contributed by atoms with Gasteiger partial charge >= 0.3 is 0 Å². The van der Waals surface area contributed by atoms with Crippen molar-refractivity contribution in [2.75, 3.05) is 46.4 Å². The highest BCUT2D eigenvalue weighted by Gasteiger charge is 2.30. The molecule has 0 radical (unpaired) electrons. The van der Waals surface area contributed by atoms with Gasteiger partial charge in [-0.1, -0.05) is 0 Å². The molecule has 1 aliphatic heterocycles. The number of hydrogen-bond acceptors (Lipinski definition) is 4. The number of hydrogen-bond donors (Lipinski definition) is 2. The van der Waals surface area contributed by atoms with E-state index in [0.717, 1.165) is 13.1 Å². The van der Waals surface area contributed by atoms with Crippen LogP contribution in [0.25, 0.3) is 0 Å². The Morgan fingerprint density at radius 1 is 1.25 bits per heavy atom. The van der Waals surface area contributed by atoms with E-state index in [1.807, 2.05) is 0 Å². The molecule has 0 aliphatic carbocycles. The smallest absolute Gasteiger partial charge is 0.243 e. The van der Waals surface area contributed by atoms with Crippen molar-refractivity contribution in [2.24, 2.45) is 0 Å². The number of nitrogens with one attached hydrogen (secondary N) is 1. The van der Waals surface area contributed by atoms with E-state index in [0.29, 0.717) is 30.3 Å². The number of ether oxygens (including phenoxy) is 1. The van der Waals surface area contributed by atoms with Crippen molar-refractivity contribution in [3.8, 4) is 5.75 Å². The Kier molecular flexibility index (Phi) is 4.98. The number of sulfonamides is 1. The highest BCUT2D eigenvalue weighted by Crippen LogP contribution is 2.19. The second kappa shape index (κ2) is 6.53. The predicted molar refractivity (Wildman–Crippen MR) is 74.4 cm³/mol. The van der Waals surface area contributed by atoms with Crippen molar-refractivity contribution in [3.05, 3.63) is 24.3 Å². The van der Waals surface area contributed by atoms with Crippen LogP contribution in [0.3, 0.4) is 0 Å². The van der Waals surface area contributed by atoms with Crippen LogP contribution in [-0.4, -0.2) is 64.3 Å². The Morgan fingerprint density at radius 2 is 1.85 bits per heavy atom. The highest BCUT2D eigenvalue weighted by molar-refractivity contribution is 7.89. The summed E-state index contributed by atoms with van der Waals surface area (Å²) in [4.78, 5) is 1.54. The summed E-state index contributed by atoms with van der Waals surface area (Å²) in [6, 6.07) is 6.45. The van der Waals surface area contributed by atoms with Crippen molar-refractivity contribution in [2.45, 2.75) is 4.90 Å². The van der Waals surface area contributed by atoms with Gasteiger partial charge in [-0.05, 0) is 24.3 Å². The van der Waals surface area contributed by atoms with Gasteiger partial charge in [0.15, 0.2) is 0 Å². The minimum atomic E-state index is -3.42. The van der Waals surface area contributed by atoms with E-state index in [4.69, 9.17) is 9.84 Å². The molecule has 2 N–H and O–H groups in total. The molecule has 1 fully saturated rings. The predicted octanol–water partition coefficient (Wildman–Crippen LogP) is -1.42. The third-order valence-corrected chi connectivity index (χ3v) is 5.50. The van der Waals surface area contributed by atoms with Crippen LogP contribution in [0.2, 0.25) is 0 Å². The lowest BCUT2D eigenvalue weighted by Crippen LogP contribution is -3.15. The van der Waals surface area contributed by atoms with Gasteiger partial charge in [0.05, 0.1) is 44.8 Å². The van der Waals surface area contributed by atoms with Gasteiger partial charge in [0, 0.05) is 0 Å². The fourth-order valence-corrected chi connectivity index (χ4v) is 3.79. The summed E-state index contributed by atoms with van der Waals surface area (Å²) >= 11 is 0. The van der Waals surface area contributed by atoms with E-state index in [9.17, 15) is 8.42 Å². The summed E-state index contributed by atoms with van der Waals surface area (Å²) < 4.78 is 31.5. The highest BCUT2D eigenvalue weighted by atomic mass is 32.2. The normalized spacial score (nSPS) is 18.1. The molecule has 1 aromatic rings. The third-order valence-electron chi connectivity index (χ3n) is 3.59. The van der Waals surface area contributed by atoms with Crippen LogP contribution in [0.5, 0.6) is 5.75 Å². The van der Waals surface area contributed by atoms with Gasteiger partial charge in [0.1, 0.15) is 12.3 Å². The maximum absolute atomic E-state index is 12.5. The summed E-state index contributed by atoms with van der Waals surface area (Å²) in [6.45, 7) is 3.26. The van der Waals surface area contributed by atoms with Crippen molar-refractivity contribution < 1.29 is 23.2 Å². The molecule has 1 saturated heterocycles. The lowest BCUT2D eigenvalue weighted by atomic mass is 10.3. The molecule has 0 spiro atoms. The summed E-state index contributed by atoms with van der Waals surface area (Å²) in [5.41, 5.74) is 0. The summed E-state index contributed by atoms with van der Waals surface area (Å²) in [7, 11) is -1.88. The summed E-state index contributed by atoms with van der Waals surface area (Å²) in [5.74, 6) is 0.640. The molecule has 112 valence electrons. The van der Waals surface area contributed by atoms with Crippen LogP contribution in [0.4, 0.5) is 0 Å². The molecule has 20 heavy (non-hydrogen) atoms. The number of aliphatic hydroxyl groups is 1. The van der Waals surface area contributed by atoms with Gasteiger partial charge in [-0.3, -0.25) is 0 Å². The molecular formula is C13H21N2O4S+. The van der Waals surface area contributed by atoms with E-state index < -0.39 is 10.0 Å². The summed E-state index contributed by atoms with van der Waals surface area (Å²) in [6.07, 6.45) is 0. The average molecular weight is 301 g/mol. The van der Waals surface area contributed by atoms with E-state index in [1.54, 1.807) is 31.4 Å². The Bertz CT molecular complexity index is 522. The van der Waals surface area contributed by atoms with Crippen LogP contribution in [0.1, 0.15) is 0 Å². The van der Waals surface area contributed by atoms with E-state index in [-0.39, 0.29) is 6.61 Å². The van der Waals surface area contributed by atoms with Gasteiger partial charge in [-0.2, -0.15) is 4.31 Å². The van der Waals surface area contributed by atoms with E-state index in [2.05, 4.69) is 0 Å². The minimum Gasteiger partial charge on any atom is -0.497 e. The molecule has 0 atom stereocenters. The molecule has 1 aliphatic rings. The minimum absolute atomic E-state index is 0.139. The first kappa shape index (κ1) is 15.2. The first-order valence-corrected chi connectivity index (χ1v) is 8.10. The van der Waals surface area contributed by atoms with Crippen molar-refractivity contribution in [3.63, 3.8) is 0 Å². The van der Waals surface area contributed by atoms with E-state index >= 15 is 0 Å². The van der Waals surface area contributed by atoms with Crippen LogP contribution < -0.4 is 9.64 Å². The molecule has 1 aromatic carbocycles. The molecule has 7 heteroatoms. The molecule has 2 rings (SSSR count). The largest absolute Gasteiger partial charge is 0.497 e. The first-order valence-electron chi connectivity index (χ1n) is 6.66. The van der Waals surface area contributed by atoms with Gasteiger partial charge in [-0.15, -0.1) is 0 Å². The van der Waals surface area contributed by atoms with Gasteiger partial charge < -0.3 is 14.7 Å². The van der Waals surface area contributed by atoms with Crippen LogP contribution >= 0.6 is 0 Å². The SMILES string of the molecule is COc1ccc(S(=O)(=O)N2CC[NH+](CCO)CC2)cc1. The Labute approximate surface area is 119 Å². The van der Waals surface area contributed by atoms with Gasteiger partial charge in [-0.25, -0.2) is 8.42 Å². The zero-order valence-electron chi connectivity index (χ0n) is 11.6. The number of nitrogens with zero attached hydrogens (tertiary/aromatic N) is 1. The topological polar surface area (TPSA) is 71.3 Å². The maximum atomic E-state index is 12.5. The molecule has 1 heterocycles. The Balaban J connectivity index is 2.07. The zero-order valence-corrected chi connectivity index (χ0v) is 12.4. The number of piperazine rings is 1. The number of quaternary nitrogens is 1. The van der Waals surface area contributed by atoms with Crippen molar-refractivity contribution in [1.82, 2.24) is 4.31 Å². The second-order valence-corrected chi connectivity index (χ2v) is 6.74. The number of rotatable bonds is 5. The van der Waals surface area contributed by atoms with Crippen molar-refractivity contribution in [1.29, 1.82) is 0 Å². The number of aliphatic hydroxyl groups excluding tert-OH is 1. The van der Waals surface area contributed by atoms with Crippen LogP contribution in [0.15, 0.2) is 29.2 Å². The molecule has 0 aromatic heterocycles. The molecule has 0 saturated carbocycles. The molecule has 0 bridgehead atoms. The molecule has 6 nitrogen and oxygen atoms in total. The third kappa shape index (κ3) is 3.29.